The van der Waals surface area contributed by atoms with E-state index in [0.717, 1.165) is 17.8 Å². The first-order chi connectivity index (χ1) is 9.13. The summed E-state index contributed by atoms with van der Waals surface area (Å²) in [6.07, 6.45) is 3.93. The van der Waals surface area contributed by atoms with E-state index in [-0.39, 0.29) is 6.04 Å². The fourth-order valence-electron chi connectivity index (χ4n) is 1.86. The molecule has 102 valence electrons. The Labute approximate surface area is 118 Å². The molecular weight excluding hydrogens is 262 g/mol. The van der Waals surface area contributed by atoms with Crippen LogP contribution in [-0.4, -0.2) is 16.9 Å². The van der Waals surface area contributed by atoms with Gasteiger partial charge in [-0.3, -0.25) is 4.68 Å². The lowest BCUT2D eigenvalue weighted by molar-refractivity contribution is 0.415. The molecule has 4 nitrogen and oxygen atoms in total. The molecule has 0 bridgehead atoms. The van der Waals surface area contributed by atoms with Gasteiger partial charge in [0.15, 0.2) is 0 Å². The molecule has 1 aromatic carbocycles. The van der Waals surface area contributed by atoms with E-state index < -0.39 is 0 Å². The molecule has 1 heterocycles. The van der Waals surface area contributed by atoms with Gasteiger partial charge in [0.1, 0.15) is 5.75 Å². The van der Waals surface area contributed by atoms with E-state index >= 15 is 0 Å². The molecule has 1 unspecified atom stereocenters. The molecule has 0 aliphatic rings. The van der Waals surface area contributed by atoms with Crippen LogP contribution in [0.2, 0.25) is 5.02 Å². The van der Waals surface area contributed by atoms with Gasteiger partial charge in [-0.15, -0.1) is 0 Å². The van der Waals surface area contributed by atoms with Gasteiger partial charge in [0.25, 0.3) is 0 Å². The minimum absolute atomic E-state index is 0.172. The lowest BCUT2D eigenvalue weighted by atomic mass is 10.2. The van der Waals surface area contributed by atoms with Crippen molar-refractivity contribution in [2.45, 2.75) is 26.4 Å². The Balaban J connectivity index is 2.11. The zero-order chi connectivity index (χ0) is 13.8. The number of aromatic nitrogens is 2. The Morgan fingerprint density at radius 1 is 1.47 bits per heavy atom. The number of hydrogen-bond donors (Lipinski definition) is 1. The number of rotatable bonds is 5. The van der Waals surface area contributed by atoms with Crippen molar-refractivity contribution >= 4 is 17.3 Å². The van der Waals surface area contributed by atoms with Crippen molar-refractivity contribution in [3.05, 3.63) is 41.2 Å². The minimum atomic E-state index is 0.172. The standard InChI is InChI=1S/C14H18ClN3O/c1-4-18-9-11(8-16-18)10(2)17-12-5-6-13(15)14(7-12)19-3/h5-10,17H,4H2,1-3H3. The highest BCUT2D eigenvalue weighted by molar-refractivity contribution is 6.32. The van der Waals surface area contributed by atoms with Crippen molar-refractivity contribution in [3.63, 3.8) is 0 Å². The molecule has 1 atom stereocenters. The fraction of sp³-hybridized carbons (Fsp3) is 0.357. The van der Waals surface area contributed by atoms with Crippen molar-refractivity contribution in [1.82, 2.24) is 9.78 Å². The summed E-state index contributed by atoms with van der Waals surface area (Å²) in [4.78, 5) is 0. The summed E-state index contributed by atoms with van der Waals surface area (Å²) >= 11 is 6.01. The summed E-state index contributed by atoms with van der Waals surface area (Å²) in [5.41, 5.74) is 2.12. The number of hydrogen-bond acceptors (Lipinski definition) is 3. The summed E-state index contributed by atoms with van der Waals surface area (Å²) in [6.45, 7) is 5.04. The SMILES string of the molecule is CCn1cc(C(C)Nc2ccc(Cl)c(OC)c2)cn1. The van der Waals surface area contributed by atoms with Crippen LogP contribution in [-0.2, 0) is 6.54 Å². The molecule has 0 saturated carbocycles. The predicted octanol–water partition coefficient (Wildman–Crippen LogP) is 3.74. The van der Waals surface area contributed by atoms with Crippen LogP contribution in [0.4, 0.5) is 5.69 Å². The Morgan fingerprint density at radius 3 is 2.89 bits per heavy atom. The topological polar surface area (TPSA) is 39.1 Å². The van der Waals surface area contributed by atoms with Crippen molar-refractivity contribution in [2.24, 2.45) is 0 Å². The van der Waals surface area contributed by atoms with Gasteiger partial charge in [0.2, 0.25) is 0 Å². The second kappa shape index (κ2) is 5.97. The molecule has 2 aromatic rings. The zero-order valence-corrected chi connectivity index (χ0v) is 12.1. The average Bonchev–Trinajstić information content (AvgIpc) is 2.90. The summed E-state index contributed by atoms with van der Waals surface area (Å²) in [6, 6.07) is 5.82. The third-order valence-electron chi connectivity index (χ3n) is 3.01. The van der Waals surface area contributed by atoms with Crippen molar-refractivity contribution in [2.75, 3.05) is 12.4 Å². The largest absolute Gasteiger partial charge is 0.495 e. The molecule has 0 amide bonds. The fourth-order valence-corrected chi connectivity index (χ4v) is 2.05. The summed E-state index contributed by atoms with van der Waals surface area (Å²) in [5.74, 6) is 0.670. The highest BCUT2D eigenvalue weighted by Crippen LogP contribution is 2.29. The van der Waals surface area contributed by atoms with Gasteiger partial charge >= 0.3 is 0 Å². The lowest BCUT2D eigenvalue weighted by Crippen LogP contribution is -2.06. The summed E-state index contributed by atoms with van der Waals surface area (Å²) < 4.78 is 7.12. The third kappa shape index (κ3) is 3.20. The molecule has 1 aromatic heterocycles. The molecule has 5 heteroatoms. The molecule has 0 saturated heterocycles. The first kappa shape index (κ1) is 13.7. The number of halogens is 1. The molecule has 0 aliphatic heterocycles. The van der Waals surface area contributed by atoms with E-state index in [0.29, 0.717) is 10.8 Å². The minimum Gasteiger partial charge on any atom is -0.495 e. The number of anilines is 1. The Bertz CT molecular complexity index is 553. The van der Waals surface area contributed by atoms with E-state index in [9.17, 15) is 0 Å². The van der Waals surface area contributed by atoms with Crippen LogP contribution in [0.1, 0.15) is 25.5 Å². The second-order valence-electron chi connectivity index (χ2n) is 4.34. The molecule has 0 radical (unpaired) electrons. The smallest absolute Gasteiger partial charge is 0.139 e. The van der Waals surface area contributed by atoms with Gasteiger partial charge in [-0.25, -0.2) is 0 Å². The lowest BCUT2D eigenvalue weighted by Gasteiger charge is -2.14. The van der Waals surface area contributed by atoms with Crippen LogP contribution >= 0.6 is 11.6 Å². The highest BCUT2D eigenvalue weighted by atomic mass is 35.5. The first-order valence-corrected chi connectivity index (χ1v) is 6.64. The van der Waals surface area contributed by atoms with Gasteiger partial charge in [0.05, 0.1) is 24.4 Å². The average molecular weight is 280 g/mol. The Hall–Kier alpha value is -1.68. The van der Waals surface area contributed by atoms with Gasteiger partial charge in [-0.1, -0.05) is 11.6 Å². The second-order valence-corrected chi connectivity index (χ2v) is 4.75. The maximum absolute atomic E-state index is 6.01. The van der Waals surface area contributed by atoms with E-state index in [1.54, 1.807) is 7.11 Å². The predicted molar refractivity (Wildman–Crippen MR) is 77.9 cm³/mol. The Morgan fingerprint density at radius 2 is 2.26 bits per heavy atom. The summed E-state index contributed by atoms with van der Waals surface area (Å²) in [7, 11) is 1.61. The number of methoxy groups -OCH3 is 1. The maximum Gasteiger partial charge on any atom is 0.139 e. The van der Waals surface area contributed by atoms with Crippen LogP contribution in [0, 0.1) is 0 Å². The van der Waals surface area contributed by atoms with Crippen LogP contribution < -0.4 is 10.1 Å². The maximum atomic E-state index is 6.01. The number of aryl methyl sites for hydroxylation is 1. The normalized spacial score (nSPS) is 12.2. The molecule has 1 N–H and O–H groups in total. The number of nitrogens with one attached hydrogen (secondary N) is 1. The molecule has 19 heavy (non-hydrogen) atoms. The van der Waals surface area contributed by atoms with Crippen molar-refractivity contribution < 1.29 is 4.74 Å². The van der Waals surface area contributed by atoms with Crippen LogP contribution in [0.15, 0.2) is 30.6 Å². The van der Waals surface area contributed by atoms with E-state index in [1.165, 1.54) is 0 Å². The van der Waals surface area contributed by atoms with Crippen molar-refractivity contribution in [1.29, 1.82) is 0 Å². The van der Waals surface area contributed by atoms with E-state index in [2.05, 4.69) is 24.3 Å². The molecular formula is C14H18ClN3O. The number of ether oxygens (including phenoxy) is 1. The molecule has 0 fully saturated rings. The zero-order valence-electron chi connectivity index (χ0n) is 11.4. The van der Waals surface area contributed by atoms with Crippen molar-refractivity contribution in [3.8, 4) is 5.75 Å². The molecule has 2 rings (SSSR count). The van der Waals surface area contributed by atoms with E-state index in [1.807, 2.05) is 35.3 Å². The van der Waals surface area contributed by atoms with E-state index in [4.69, 9.17) is 16.3 Å². The van der Waals surface area contributed by atoms with Crippen LogP contribution in [0.25, 0.3) is 0 Å². The van der Waals surface area contributed by atoms with Crippen LogP contribution in [0.3, 0.4) is 0 Å². The monoisotopic (exact) mass is 279 g/mol. The van der Waals surface area contributed by atoms with Gasteiger partial charge in [-0.2, -0.15) is 5.10 Å². The molecule has 0 aliphatic carbocycles. The highest BCUT2D eigenvalue weighted by Gasteiger charge is 2.09. The quantitative estimate of drug-likeness (QED) is 0.906. The van der Waals surface area contributed by atoms with Crippen LogP contribution in [0.5, 0.6) is 5.75 Å². The van der Waals surface area contributed by atoms with Gasteiger partial charge < -0.3 is 10.1 Å². The number of benzene rings is 1. The Kier molecular flexibility index (Phi) is 4.32. The number of nitrogens with zero attached hydrogens (tertiary/aromatic N) is 2. The van der Waals surface area contributed by atoms with Gasteiger partial charge in [0, 0.05) is 30.1 Å². The van der Waals surface area contributed by atoms with Gasteiger partial charge in [-0.05, 0) is 26.0 Å². The molecule has 0 spiro atoms. The third-order valence-corrected chi connectivity index (χ3v) is 3.32. The first-order valence-electron chi connectivity index (χ1n) is 6.26. The summed E-state index contributed by atoms with van der Waals surface area (Å²) in [5, 5.41) is 8.29.